The van der Waals surface area contributed by atoms with E-state index in [0.29, 0.717) is 17.5 Å². The van der Waals surface area contributed by atoms with Gasteiger partial charge < -0.3 is 5.32 Å². The predicted molar refractivity (Wildman–Crippen MR) is 62.1 cm³/mol. The lowest BCUT2D eigenvalue weighted by Gasteiger charge is -2.26. The monoisotopic (exact) mass is 238 g/mol. The molecule has 16 heavy (non-hydrogen) atoms. The molecule has 0 amide bonds. The van der Waals surface area contributed by atoms with Crippen molar-refractivity contribution in [2.45, 2.75) is 31.8 Å². The van der Waals surface area contributed by atoms with Crippen LogP contribution in [0.15, 0.2) is 6.20 Å². The minimum atomic E-state index is -0.500. The maximum atomic E-state index is 9.36. The van der Waals surface area contributed by atoms with Gasteiger partial charge in [-0.1, -0.05) is 11.6 Å². The summed E-state index contributed by atoms with van der Waals surface area (Å²) in [6, 6.07) is 2.40. The second-order valence-corrected chi connectivity index (χ2v) is 4.75. The van der Waals surface area contributed by atoms with Gasteiger partial charge >= 0.3 is 0 Å². The largest absolute Gasteiger partial charge is 0.301 e. The van der Waals surface area contributed by atoms with E-state index in [1.165, 1.54) is 0 Å². The zero-order valence-electron chi connectivity index (χ0n) is 9.50. The molecule has 1 N–H and O–H groups in total. The first-order valence-electron chi connectivity index (χ1n) is 5.41. The Bertz CT molecular complexity index is 430. The Hall–Kier alpha value is -1.05. The first-order valence-corrected chi connectivity index (χ1v) is 5.79. The number of halogens is 1. The molecule has 0 saturated heterocycles. The summed E-state index contributed by atoms with van der Waals surface area (Å²) in [6.07, 6.45) is 3.85. The van der Waals surface area contributed by atoms with Gasteiger partial charge in [0.2, 0.25) is 0 Å². The summed E-state index contributed by atoms with van der Waals surface area (Å²) in [5.74, 6) is 0.435. The maximum absolute atomic E-state index is 9.36. The van der Waals surface area contributed by atoms with E-state index in [1.807, 2.05) is 14.0 Å². The topological polar surface area (TPSA) is 53.6 Å². The van der Waals surface area contributed by atoms with Gasteiger partial charge in [-0.15, -0.1) is 0 Å². The lowest BCUT2D eigenvalue weighted by molar-refractivity contribution is 0.323. The molecule has 1 fully saturated rings. The second kappa shape index (κ2) is 4.08. The molecule has 1 aliphatic rings. The first-order chi connectivity index (χ1) is 7.63. The van der Waals surface area contributed by atoms with Crippen molar-refractivity contribution in [3.05, 3.63) is 16.9 Å². The van der Waals surface area contributed by atoms with Crippen LogP contribution >= 0.6 is 11.6 Å². The Morgan fingerprint density at radius 1 is 1.75 bits per heavy atom. The molecular formula is C11H15ClN4. The Labute approximate surface area is 100 Å². The summed E-state index contributed by atoms with van der Waals surface area (Å²) >= 11 is 5.95. The van der Waals surface area contributed by atoms with E-state index in [4.69, 9.17) is 11.6 Å². The van der Waals surface area contributed by atoms with Crippen LogP contribution in [-0.4, -0.2) is 22.4 Å². The summed E-state index contributed by atoms with van der Waals surface area (Å²) < 4.78 is 1.81. The quantitative estimate of drug-likeness (QED) is 0.869. The molecule has 1 aliphatic carbocycles. The number of aromatic nitrogens is 2. The number of nitriles is 1. The van der Waals surface area contributed by atoms with Crippen molar-refractivity contribution < 1.29 is 0 Å². The van der Waals surface area contributed by atoms with Crippen molar-refractivity contribution in [1.29, 1.82) is 5.26 Å². The number of rotatable bonds is 4. The summed E-state index contributed by atoms with van der Waals surface area (Å²) in [7, 11) is 1.84. The molecule has 1 unspecified atom stereocenters. The highest BCUT2D eigenvalue weighted by molar-refractivity contribution is 6.31. The average Bonchev–Trinajstić information content (AvgIpc) is 3.09. The van der Waals surface area contributed by atoms with Crippen LogP contribution in [0.25, 0.3) is 0 Å². The maximum Gasteiger partial charge on any atom is 0.129 e. The number of nitrogens with zero attached hydrogens (tertiary/aromatic N) is 3. The first kappa shape index (κ1) is 11.4. The van der Waals surface area contributed by atoms with Crippen LogP contribution in [0.3, 0.4) is 0 Å². The Morgan fingerprint density at radius 3 is 2.81 bits per heavy atom. The van der Waals surface area contributed by atoms with Crippen molar-refractivity contribution >= 4 is 11.6 Å². The van der Waals surface area contributed by atoms with E-state index in [1.54, 1.807) is 10.9 Å². The van der Waals surface area contributed by atoms with Gasteiger partial charge in [0.05, 0.1) is 29.5 Å². The summed E-state index contributed by atoms with van der Waals surface area (Å²) in [6.45, 7) is 2.48. The number of hydrogen-bond acceptors (Lipinski definition) is 3. The van der Waals surface area contributed by atoms with Crippen molar-refractivity contribution in [2.75, 3.05) is 7.05 Å². The zero-order chi connectivity index (χ0) is 11.8. The smallest absolute Gasteiger partial charge is 0.129 e. The van der Waals surface area contributed by atoms with E-state index >= 15 is 0 Å². The molecule has 1 atom stereocenters. The molecule has 4 nitrogen and oxygen atoms in total. The van der Waals surface area contributed by atoms with Crippen LogP contribution in [0, 0.1) is 24.2 Å². The van der Waals surface area contributed by atoms with Crippen molar-refractivity contribution in [3.63, 3.8) is 0 Å². The molecule has 1 aromatic heterocycles. The van der Waals surface area contributed by atoms with Crippen LogP contribution in [0.4, 0.5) is 0 Å². The fraction of sp³-hybridized carbons (Fsp3) is 0.636. The Kier molecular flexibility index (Phi) is 2.92. The van der Waals surface area contributed by atoms with Gasteiger partial charge in [-0.25, -0.2) is 0 Å². The molecular weight excluding hydrogens is 224 g/mol. The van der Waals surface area contributed by atoms with Gasteiger partial charge in [0.25, 0.3) is 0 Å². The Balaban J connectivity index is 2.24. The minimum absolute atomic E-state index is 0.435. The van der Waals surface area contributed by atoms with Crippen LogP contribution in [0.5, 0.6) is 0 Å². The van der Waals surface area contributed by atoms with E-state index in [0.717, 1.165) is 18.5 Å². The van der Waals surface area contributed by atoms with E-state index in [2.05, 4.69) is 16.5 Å². The van der Waals surface area contributed by atoms with Crippen molar-refractivity contribution in [1.82, 2.24) is 15.1 Å². The van der Waals surface area contributed by atoms with Crippen LogP contribution in [-0.2, 0) is 6.54 Å². The summed E-state index contributed by atoms with van der Waals surface area (Å²) in [4.78, 5) is 0. The average molecular weight is 239 g/mol. The minimum Gasteiger partial charge on any atom is -0.301 e. The molecule has 0 bridgehead atoms. The highest BCUT2D eigenvalue weighted by Crippen LogP contribution is 2.40. The summed E-state index contributed by atoms with van der Waals surface area (Å²) in [5, 5.41) is 17.4. The highest BCUT2D eigenvalue weighted by atomic mass is 35.5. The second-order valence-electron chi connectivity index (χ2n) is 4.34. The van der Waals surface area contributed by atoms with Gasteiger partial charge in [0.15, 0.2) is 0 Å². The van der Waals surface area contributed by atoms with E-state index < -0.39 is 5.54 Å². The molecule has 0 radical (unpaired) electrons. The SMILES string of the molecule is CNC(C#N)(Cn1ncc(Cl)c1C)C1CC1. The predicted octanol–water partition coefficient (Wildman–Crippen LogP) is 1.74. The lowest BCUT2D eigenvalue weighted by Crippen LogP contribution is -2.48. The molecule has 0 aliphatic heterocycles. The third kappa shape index (κ3) is 1.81. The molecule has 2 rings (SSSR count). The van der Waals surface area contributed by atoms with Crippen LogP contribution in [0.2, 0.25) is 5.02 Å². The van der Waals surface area contributed by atoms with E-state index in [9.17, 15) is 5.26 Å². The molecule has 1 aromatic rings. The zero-order valence-corrected chi connectivity index (χ0v) is 10.3. The molecule has 1 heterocycles. The fourth-order valence-electron chi connectivity index (χ4n) is 1.99. The fourth-order valence-corrected chi connectivity index (χ4v) is 2.13. The molecule has 0 aromatic carbocycles. The van der Waals surface area contributed by atoms with Crippen LogP contribution in [0.1, 0.15) is 18.5 Å². The standard InChI is InChI=1S/C11H15ClN4/c1-8-10(12)5-15-16(8)7-11(6-13,14-2)9-3-4-9/h5,9,14H,3-4,7H2,1-2H3. The lowest BCUT2D eigenvalue weighted by atomic mass is 9.95. The van der Waals surface area contributed by atoms with Crippen molar-refractivity contribution in [3.8, 4) is 6.07 Å². The third-order valence-electron chi connectivity index (χ3n) is 3.36. The number of hydrogen-bond donors (Lipinski definition) is 1. The van der Waals surface area contributed by atoms with Gasteiger partial charge in [0, 0.05) is 0 Å². The molecule has 1 saturated carbocycles. The van der Waals surface area contributed by atoms with Crippen LogP contribution < -0.4 is 5.32 Å². The molecule has 86 valence electrons. The third-order valence-corrected chi connectivity index (χ3v) is 3.73. The molecule has 0 spiro atoms. The summed E-state index contributed by atoms with van der Waals surface area (Å²) in [5.41, 5.74) is 0.414. The Morgan fingerprint density at radius 2 is 2.44 bits per heavy atom. The number of nitrogens with one attached hydrogen (secondary N) is 1. The van der Waals surface area contributed by atoms with Crippen molar-refractivity contribution in [2.24, 2.45) is 5.92 Å². The molecule has 5 heteroatoms. The van der Waals surface area contributed by atoms with Gasteiger partial charge in [0.1, 0.15) is 5.54 Å². The normalized spacial score (nSPS) is 19.1. The van der Waals surface area contributed by atoms with Gasteiger partial charge in [-0.3, -0.25) is 4.68 Å². The highest BCUT2D eigenvalue weighted by Gasteiger charge is 2.45. The van der Waals surface area contributed by atoms with Gasteiger partial charge in [-0.05, 0) is 32.7 Å². The van der Waals surface area contributed by atoms with Gasteiger partial charge in [-0.2, -0.15) is 10.4 Å². The number of likely N-dealkylation sites (N-methyl/N-ethyl adjacent to an activating group) is 1. The van der Waals surface area contributed by atoms with E-state index in [-0.39, 0.29) is 0 Å².